The number of nitrogens with zero attached hydrogens (tertiary/aromatic N) is 1. The van der Waals surface area contributed by atoms with Gasteiger partial charge in [-0.25, -0.2) is 0 Å². The van der Waals surface area contributed by atoms with E-state index in [1.165, 1.54) is 6.92 Å². The first-order valence-electron chi connectivity index (χ1n) is 16.5. The molecule has 0 unspecified atom stereocenters. The van der Waals surface area contributed by atoms with Crippen LogP contribution < -0.4 is 5.32 Å². The summed E-state index contributed by atoms with van der Waals surface area (Å²) < 4.78 is 26.2. The van der Waals surface area contributed by atoms with E-state index in [9.17, 15) is 24.0 Å². The van der Waals surface area contributed by atoms with Crippen LogP contribution in [0.15, 0.2) is 24.3 Å². The van der Waals surface area contributed by atoms with Crippen molar-refractivity contribution in [2.75, 3.05) is 66.4 Å². The Kier molecular flexibility index (Phi) is 22.2. The lowest BCUT2D eigenvalue weighted by atomic mass is 9.88. The largest absolute Gasteiger partial charge is 0.461 e. The van der Waals surface area contributed by atoms with Gasteiger partial charge in [0.25, 0.3) is 0 Å². The van der Waals surface area contributed by atoms with E-state index in [-0.39, 0.29) is 80.7 Å². The number of ether oxygens (including phenoxy) is 5. The van der Waals surface area contributed by atoms with Crippen molar-refractivity contribution in [1.82, 2.24) is 10.2 Å². The fraction of sp³-hybridized carbons (Fsp3) is 0.686. The van der Waals surface area contributed by atoms with Gasteiger partial charge in [0.1, 0.15) is 12.4 Å². The molecule has 2 atom stereocenters. The molecule has 0 aliphatic heterocycles. The van der Waals surface area contributed by atoms with Crippen molar-refractivity contribution in [3.05, 3.63) is 35.4 Å². The number of rotatable bonds is 27. The maximum atomic E-state index is 13.1. The van der Waals surface area contributed by atoms with Gasteiger partial charge in [0, 0.05) is 52.3 Å². The summed E-state index contributed by atoms with van der Waals surface area (Å²) in [5, 5.41) is 2.79. The third kappa shape index (κ3) is 19.3. The number of carbonyl (C=O) groups excluding carboxylic acids is 5. The lowest BCUT2D eigenvalue weighted by Gasteiger charge is -2.24. The van der Waals surface area contributed by atoms with Crippen LogP contribution in [0.2, 0.25) is 0 Å². The Hall–Kier alpha value is -3.19. The molecule has 0 radical (unpaired) electrons. The standard InChI is InChI=1S/C35H56N2O10/c1-7-14-37(34(41)13-16-44-19-20-46-22-21-45-18-17-43-6)15-12-31(39)24-32(26(2)3)35(42)36-27(4)33(40)23-29-8-10-30(11-9-29)25-47-28(5)38/h8-11,26-27,32H,7,12-25H2,1-6H3,(H,36,42)/t27-,32-/m0/s1. The minimum atomic E-state index is -0.730. The molecule has 12 heteroatoms. The quantitative estimate of drug-likeness (QED) is 0.110. The van der Waals surface area contributed by atoms with E-state index in [0.29, 0.717) is 46.2 Å². The van der Waals surface area contributed by atoms with Crippen LogP contribution in [0.1, 0.15) is 71.4 Å². The first kappa shape index (κ1) is 41.8. The molecule has 1 rings (SSSR count). The summed E-state index contributed by atoms with van der Waals surface area (Å²) in [7, 11) is 1.62. The van der Waals surface area contributed by atoms with Crippen LogP contribution in [0.5, 0.6) is 0 Å². The molecule has 47 heavy (non-hydrogen) atoms. The number of carbonyl (C=O) groups is 5. The van der Waals surface area contributed by atoms with Crippen molar-refractivity contribution in [3.63, 3.8) is 0 Å². The van der Waals surface area contributed by atoms with Gasteiger partial charge < -0.3 is 33.9 Å². The van der Waals surface area contributed by atoms with Crippen LogP contribution >= 0.6 is 0 Å². The summed E-state index contributed by atoms with van der Waals surface area (Å²) in [6.07, 6.45) is 1.26. The molecule has 0 aliphatic carbocycles. The van der Waals surface area contributed by atoms with Crippen molar-refractivity contribution in [3.8, 4) is 0 Å². The highest BCUT2D eigenvalue weighted by Gasteiger charge is 2.28. The van der Waals surface area contributed by atoms with Crippen molar-refractivity contribution in [2.24, 2.45) is 11.8 Å². The number of methoxy groups -OCH3 is 1. The summed E-state index contributed by atoms with van der Waals surface area (Å²) in [6, 6.07) is 6.44. The first-order valence-corrected chi connectivity index (χ1v) is 16.5. The van der Waals surface area contributed by atoms with E-state index in [1.807, 2.05) is 20.8 Å². The second kappa shape index (κ2) is 24.9. The number of nitrogens with one attached hydrogen (secondary N) is 1. The molecule has 12 nitrogen and oxygen atoms in total. The average Bonchev–Trinajstić information content (AvgIpc) is 3.03. The SMILES string of the molecule is CCCN(CCC(=O)C[C@H](C(=O)N[C@@H](C)C(=O)Cc1ccc(COC(C)=O)cc1)C(C)C)C(=O)CCOCCOCCOCCOC. The smallest absolute Gasteiger partial charge is 0.302 e. The maximum absolute atomic E-state index is 13.1. The molecule has 0 fully saturated rings. The minimum absolute atomic E-state index is 0.0306. The summed E-state index contributed by atoms with van der Waals surface area (Å²) in [6.45, 7) is 12.7. The van der Waals surface area contributed by atoms with Gasteiger partial charge in [0.15, 0.2) is 5.78 Å². The third-order valence-electron chi connectivity index (χ3n) is 7.42. The van der Waals surface area contributed by atoms with Crippen molar-refractivity contribution in [1.29, 1.82) is 0 Å². The van der Waals surface area contributed by atoms with E-state index >= 15 is 0 Å². The van der Waals surface area contributed by atoms with Gasteiger partial charge in [-0.1, -0.05) is 45.0 Å². The lowest BCUT2D eigenvalue weighted by Crippen LogP contribution is -2.44. The molecule has 0 aliphatic rings. The van der Waals surface area contributed by atoms with Gasteiger partial charge in [-0.3, -0.25) is 24.0 Å². The van der Waals surface area contributed by atoms with Crippen LogP contribution in [0, 0.1) is 11.8 Å². The summed E-state index contributed by atoms with van der Waals surface area (Å²) in [5.41, 5.74) is 1.59. The molecule has 0 aromatic heterocycles. The van der Waals surface area contributed by atoms with E-state index in [4.69, 9.17) is 23.7 Å². The fourth-order valence-corrected chi connectivity index (χ4v) is 4.56. The molecule has 0 bridgehead atoms. The minimum Gasteiger partial charge on any atom is -0.461 e. The van der Waals surface area contributed by atoms with Gasteiger partial charge in [0.05, 0.1) is 58.7 Å². The number of esters is 1. The zero-order chi connectivity index (χ0) is 35.0. The van der Waals surface area contributed by atoms with Crippen LogP contribution in [0.25, 0.3) is 0 Å². The summed E-state index contributed by atoms with van der Waals surface area (Å²) in [4.78, 5) is 64.4. The fourth-order valence-electron chi connectivity index (χ4n) is 4.56. The molecule has 0 spiro atoms. The van der Waals surface area contributed by atoms with Crippen LogP contribution in [-0.2, 0) is 60.7 Å². The highest BCUT2D eigenvalue weighted by molar-refractivity contribution is 5.92. The second-order valence-electron chi connectivity index (χ2n) is 11.8. The Bertz CT molecular complexity index is 1080. The van der Waals surface area contributed by atoms with Crippen molar-refractivity contribution >= 4 is 29.4 Å². The zero-order valence-corrected chi connectivity index (χ0v) is 29.2. The molecular weight excluding hydrogens is 608 g/mol. The lowest BCUT2D eigenvalue weighted by molar-refractivity contribution is -0.142. The Morgan fingerprint density at radius 3 is 1.91 bits per heavy atom. The topological polar surface area (TPSA) is 147 Å². The second-order valence-corrected chi connectivity index (χ2v) is 11.8. The molecule has 266 valence electrons. The van der Waals surface area contributed by atoms with Gasteiger partial charge >= 0.3 is 5.97 Å². The first-order chi connectivity index (χ1) is 22.5. The average molecular weight is 665 g/mol. The van der Waals surface area contributed by atoms with E-state index < -0.39 is 12.0 Å². The van der Waals surface area contributed by atoms with Gasteiger partial charge in [-0.2, -0.15) is 0 Å². The summed E-state index contributed by atoms with van der Waals surface area (Å²) in [5.74, 6) is -1.78. The Morgan fingerprint density at radius 1 is 0.787 bits per heavy atom. The number of amides is 2. The monoisotopic (exact) mass is 664 g/mol. The normalized spacial score (nSPS) is 12.4. The maximum Gasteiger partial charge on any atom is 0.302 e. The Balaban J connectivity index is 2.47. The van der Waals surface area contributed by atoms with Crippen LogP contribution in [0.4, 0.5) is 0 Å². The van der Waals surface area contributed by atoms with Gasteiger partial charge in [-0.15, -0.1) is 0 Å². The van der Waals surface area contributed by atoms with Gasteiger partial charge in [0.2, 0.25) is 11.8 Å². The van der Waals surface area contributed by atoms with Crippen LogP contribution in [0.3, 0.4) is 0 Å². The number of benzene rings is 1. The van der Waals surface area contributed by atoms with Gasteiger partial charge in [-0.05, 0) is 30.4 Å². The van der Waals surface area contributed by atoms with Crippen molar-refractivity contribution in [2.45, 2.75) is 79.4 Å². The number of hydrogen-bond donors (Lipinski definition) is 1. The predicted octanol–water partition coefficient (Wildman–Crippen LogP) is 3.31. The number of Topliss-reactive ketones (excluding diaryl/α,β-unsaturated/α-hetero) is 2. The highest BCUT2D eigenvalue weighted by atomic mass is 16.6. The van der Waals surface area contributed by atoms with E-state index in [1.54, 1.807) is 43.2 Å². The van der Waals surface area contributed by atoms with Crippen molar-refractivity contribution < 1.29 is 47.7 Å². The molecule has 1 N–H and O–H groups in total. The Labute approximate surface area is 280 Å². The van der Waals surface area contributed by atoms with E-state index in [0.717, 1.165) is 17.5 Å². The van der Waals surface area contributed by atoms with E-state index in [2.05, 4.69) is 5.32 Å². The third-order valence-corrected chi connectivity index (χ3v) is 7.42. The van der Waals surface area contributed by atoms with Crippen LogP contribution in [-0.4, -0.2) is 107 Å². The number of ketones is 2. The summed E-state index contributed by atoms with van der Waals surface area (Å²) >= 11 is 0. The number of hydrogen-bond acceptors (Lipinski definition) is 10. The Morgan fingerprint density at radius 2 is 1.36 bits per heavy atom. The zero-order valence-electron chi connectivity index (χ0n) is 29.2. The molecule has 0 saturated carbocycles. The molecule has 1 aromatic rings. The molecule has 1 aromatic carbocycles. The predicted molar refractivity (Wildman–Crippen MR) is 177 cm³/mol. The molecular formula is C35H56N2O10. The molecule has 0 saturated heterocycles. The highest BCUT2D eigenvalue weighted by Crippen LogP contribution is 2.18. The molecule has 0 heterocycles. The molecule has 2 amide bonds.